The third-order valence-corrected chi connectivity index (χ3v) is 3.88. The third kappa shape index (κ3) is 6.80. The summed E-state index contributed by atoms with van der Waals surface area (Å²) in [7, 11) is 0. The van der Waals surface area contributed by atoms with Crippen molar-refractivity contribution in [3.8, 4) is 0 Å². The summed E-state index contributed by atoms with van der Waals surface area (Å²) in [5.41, 5.74) is 0. The highest BCUT2D eigenvalue weighted by Crippen LogP contribution is 2.26. The first-order valence-electron chi connectivity index (χ1n) is 7.76. The lowest BCUT2D eigenvalue weighted by Gasteiger charge is -2.35. The van der Waals surface area contributed by atoms with Gasteiger partial charge in [-0.15, -0.1) is 0 Å². The van der Waals surface area contributed by atoms with Gasteiger partial charge in [-0.3, -0.25) is 4.79 Å². The highest BCUT2D eigenvalue weighted by atomic mass is 16.5. The first-order valence-corrected chi connectivity index (χ1v) is 7.76. The number of carbonyl (C=O) groups is 2. The summed E-state index contributed by atoms with van der Waals surface area (Å²) in [5.74, 6) is -0.398. The minimum Gasteiger partial charge on any atom is -0.481 e. The van der Waals surface area contributed by atoms with Crippen LogP contribution in [0.15, 0.2) is 0 Å². The Hall–Kier alpha value is -1.30. The van der Waals surface area contributed by atoms with Gasteiger partial charge in [-0.05, 0) is 38.5 Å². The van der Waals surface area contributed by atoms with Crippen molar-refractivity contribution in [2.24, 2.45) is 11.8 Å². The number of nitrogens with zero attached hydrogens (tertiary/aromatic N) is 1. The second-order valence-electron chi connectivity index (χ2n) is 6.07. The maximum Gasteiger partial charge on any atom is 0.317 e. The van der Waals surface area contributed by atoms with Crippen LogP contribution < -0.4 is 5.32 Å². The number of carbonyl (C=O) groups excluding carboxylic acids is 1. The Labute approximate surface area is 126 Å². The molecule has 6 heteroatoms. The molecule has 0 radical (unpaired) electrons. The minimum atomic E-state index is -0.769. The number of urea groups is 1. The fraction of sp³-hybridized carbons (Fsp3) is 0.867. The van der Waals surface area contributed by atoms with E-state index in [4.69, 9.17) is 9.84 Å². The van der Waals surface area contributed by atoms with Crippen LogP contribution in [0.5, 0.6) is 0 Å². The van der Waals surface area contributed by atoms with E-state index in [2.05, 4.69) is 5.32 Å². The van der Waals surface area contributed by atoms with E-state index in [0.29, 0.717) is 19.7 Å². The molecular weight excluding hydrogens is 272 g/mol. The average molecular weight is 300 g/mol. The van der Waals surface area contributed by atoms with Gasteiger partial charge in [-0.25, -0.2) is 4.79 Å². The number of aliphatic carboxylic acids is 1. The predicted molar refractivity (Wildman–Crippen MR) is 80.2 cm³/mol. The molecule has 1 heterocycles. The van der Waals surface area contributed by atoms with Gasteiger partial charge in [0.15, 0.2) is 0 Å². The van der Waals surface area contributed by atoms with Crippen molar-refractivity contribution in [1.82, 2.24) is 10.2 Å². The van der Waals surface area contributed by atoms with Gasteiger partial charge in [0.2, 0.25) is 0 Å². The van der Waals surface area contributed by atoms with E-state index < -0.39 is 5.97 Å². The Bertz CT molecular complexity index is 347. The molecule has 0 spiro atoms. The third-order valence-electron chi connectivity index (χ3n) is 3.88. The van der Waals surface area contributed by atoms with Crippen LogP contribution in [0.1, 0.15) is 40.0 Å². The molecule has 0 aromatic carbocycles. The number of hydrogen-bond acceptors (Lipinski definition) is 3. The first-order chi connectivity index (χ1) is 9.90. The monoisotopic (exact) mass is 300 g/mol. The topological polar surface area (TPSA) is 78.9 Å². The van der Waals surface area contributed by atoms with Crippen molar-refractivity contribution in [3.05, 3.63) is 0 Å². The molecule has 0 aliphatic carbocycles. The summed E-state index contributed by atoms with van der Waals surface area (Å²) < 4.78 is 5.38. The molecule has 1 fully saturated rings. The number of hydrogen-bond donors (Lipinski definition) is 2. The van der Waals surface area contributed by atoms with Gasteiger partial charge in [0.05, 0.1) is 12.7 Å². The quantitative estimate of drug-likeness (QED) is 0.704. The number of rotatable bonds is 7. The number of piperidine rings is 1. The largest absolute Gasteiger partial charge is 0.481 e. The van der Waals surface area contributed by atoms with Gasteiger partial charge >= 0.3 is 12.0 Å². The first kappa shape index (κ1) is 17.8. The number of ether oxygens (including phenoxy) is 1. The average Bonchev–Trinajstić information content (AvgIpc) is 2.42. The number of carboxylic acids is 1. The van der Waals surface area contributed by atoms with Crippen molar-refractivity contribution >= 4 is 12.0 Å². The minimum absolute atomic E-state index is 0.0745. The van der Waals surface area contributed by atoms with E-state index >= 15 is 0 Å². The zero-order chi connectivity index (χ0) is 15.8. The Morgan fingerprint density at radius 2 is 2.10 bits per heavy atom. The van der Waals surface area contributed by atoms with Crippen LogP contribution in [0.3, 0.4) is 0 Å². The summed E-state index contributed by atoms with van der Waals surface area (Å²) in [5, 5.41) is 11.7. The lowest BCUT2D eigenvalue weighted by Crippen LogP contribution is -2.47. The lowest BCUT2D eigenvalue weighted by molar-refractivity contribution is -0.138. The molecule has 0 aromatic rings. The van der Waals surface area contributed by atoms with Crippen LogP contribution in [0, 0.1) is 11.8 Å². The predicted octanol–water partition coefficient (Wildman–Crippen LogP) is 1.94. The van der Waals surface area contributed by atoms with Gasteiger partial charge in [-0.1, -0.05) is 6.92 Å². The van der Waals surface area contributed by atoms with E-state index in [1.165, 1.54) is 0 Å². The van der Waals surface area contributed by atoms with Crippen molar-refractivity contribution in [3.63, 3.8) is 0 Å². The normalized spacial score (nSPS) is 20.4. The standard InChI is InChI=1S/C15H28N2O4/c1-11(2)21-8-6-16-15(20)17-7-4-5-13(10-17)12(3)9-14(18)19/h11-13H,4-10H2,1-3H3,(H,16,20)(H,18,19). The van der Waals surface area contributed by atoms with E-state index in [9.17, 15) is 9.59 Å². The molecule has 1 aliphatic heterocycles. The number of carboxylic acid groups (broad SMARTS) is 1. The van der Waals surface area contributed by atoms with Gasteiger partial charge in [0, 0.05) is 26.1 Å². The summed E-state index contributed by atoms with van der Waals surface area (Å²) in [6.07, 6.45) is 2.26. The summed E-state index contributed by atoms with van der Waals surface area (Å²) in [6.45, 7) is 8.27. The van der Waals surface area contributed by atoms with Crippen LogP contribution in [0.25, 0.3) is 0 Å². The number of nitrogens with one attached hydrogen (secondary N) is 1. The van der Waals surface area contributed by atoms with E-state index in [-0.39, 0.29) is 30.4 Å². The smallest absolute Gasteiger partial charge is 0.317 e. The second kappa shape index (κ2) is 8.87. The highest BCUT2D eigenvalue weighted by molar-refractivity contribution is 5.74. The molecule has 2 N–H and O–H groups in total. The molecule has 21 heavy (non-hydrogen) atoms. The Kier molecular flexibility index (Phi) is 7.50. The Morgan fingerprint density at radius 3 is 2.71 bits per heavy atom. The molecule has 1 aliphatic rings. The van der Waals surface area contributed by atoms with Crippen LogP contribution in [-0.4, -0.2) is 54.4 Å². The maximum atomic E-state index is 12.1. The van der Waals surface area contributed by atoms with E-state index in [1.807, 2.05) is 20.8 Å². The van der Waals surface area contributed by atoms with Gasteiger partial charge < -0.3 is 20.1 Å². The van der Waals surface area contributed by atoms with Crippen molar-refractivity contribution < 1.29 is 19.4 Å². The SMILES string of the molecule is CC(C)OCCNC(=O)N1CCCC(C(C)CC(=O)O)C1. The number of likely N-dealkylation sites (tertiary alicyclic amines) is 1. The van der Waals surface area contributed by atoms with Crippen LogP contribution in [-0.2, 0) is 9.53 Å². The van der Waals surface area contributed by atoms with Crippen molar-refractivity contribution in [2.45, 2.75) is 46.1 Å². The molecule has 122 valence electrons. The van der Waals surface area contributed by atoms with Crippen LogP contribution >= 0.6 is 0 Å². The van der Waals surface area contributed by atoms with Crippen LogP contribution in [0.2, 0.25) is 0 Å². The van der Waals surface area contributed by atoms with Crippen molar-refractivity contribution in [1.29, 1.82) is 0 Å². The van der Waals surface area contributed by atoms with Gasteiger partial charge in [0.1, 0.15) is 0 Å². The second-order valence-corrected chi connectivity index (χ2v) is 6.07. The maximum absolute atomic E-state index is 12.1. The summed E-state index contributed by atoms with van der Waals surface area (Å²) >= 11 is 0. The molecular formula is C15H28N2O4. The zero-order valence-corrected chi connectivity index (χ0v) is 13.3. The fourth-order valence-electron chi connectivity index (χ4n) is 2.67. The summed E-state index contributed by atoms with van der Waals surface area (Å²) in [6, 6.07) is -0.0745. The molecule has 0 bridgehead atoms. The molecule has 1 saturated heterocycles. The van der Waals surface area contributed by atoms with Crippen LogP contribution in [0.4, 0.5) is 4.79 Å². The molecule has 2 unspecified atom stereocenters. The highest BCUT2D eigenvalue weighted by Gasteiger charge is 2.28. The Balaban J connectivity index is 2.34. The molecule has 6 nitrogen and oxygen atoms in total. The lowest BCUT2D eigenvalue weighted by atomic mass is 9.85. The molecule has 0 aromatic heterocycles. The van der Waals surface area contributed by atoms with Gasteiger partial charge in [0.25, 0.3) is 0 Å². The molecule has 0 saturated carbocycles. The van der Waals surface area contributed by atoms with E-state index in [0.717, 1.165) is 19.4 Å². The number of amides is 2. The van der Waals surface area contributed by atoms with Crippen molar-refractivity contribution in [2.75, 3.05) is 26.2 Å². The molecule has 1 rings (SSSR count). The molecule has 2 amide bonds. The summed E-state index contributed by atoms with van der Waals surface area (Å²) in [4.78, 5) is 24.7. The van der Waals surface area contributed by atoms with E-state index in [1.54, 1.807) is 4.90 Å². The van der Waals surface area contributed by atoms with Gasteiger partial charge in [-0.2, -0.15) is 0 Å². The molecule has 2 atom stereocenters. The zero-order valence-electron chi connectivity index (χ0n) is 13.3. The fourth-order valence-corrected chi connectivity index (χ4v) is 2.67. The Morgan fingerprint density at radius 1 is 1.38 bits per heavy atom.